The molecule has 0 saturated carbocycles. The van der Waals surface area contributed by atoms with E-state index >= 15 is 0 Å². The zero-order chi connectivity index (χ0) is 25.3. The highest BCUT2D eigenvalue weighted by molar-refractivity contribution is 7.13. The number of carbonyl (C=O) groups excluding carboxylic acids is 3. The Morgan fingerprint density at radius 3 is 2.63 bits per heavy atom. The topological polar surface area (TPSA) is 106 Å². The molecule has 0 fully saturated rings. The van der Waals surface area contributed by atoms with Gasteiger partial charge in [-0.3, -0.25) is 14.4 Å². The lowest BCUT2D eigenvalue weighted by Crippen LogP contribution is -2.25. The molecule has 0 saturated heterocycles. The number of Topliss-reactive ketones (excluding diaryl/α,β-unsaturated/α-hetero) is 1. The minimum Gasteiger partial charge on any atom is -0.352 e. The first-order valence-corrected chi connectivity index (χ1v) is 11.8. The van der Waals surface area contributed by atoms with E-state index in [1.54, 1.807) is 19.1 Å². The Labute approximate surface area is 209 Å². The average molecular weight is 514 g/mol. The highest BCUT2D eigenvalue weighted by Gasteiger charge is 2.29. The third-order valence-electron chi connectivity index (χ3n) is 5.48. The van der Waals surface area contributed by atoms with Crippen LogP contribution in [-0.2, 0) is 11.3 Å². The number of anilines is 1. The van der Waals surface area contributed by atoms with E-state index in [9.17, 15) is 18.8 Å². The van der Waals surface area contributed by atoms with E-state index < -0.39 is 23.5 Å². The number of rotatable bonds is 7. The van der Waals surface area contributed by atoms with Crippen molar-refractivity contribution in [1.82, 2.24) is 19.2 Å². The van der Waals surface area contributed by atoms with Crippen LogP contribution in [0.4, 0.5) is 10.2 Å². The SMILES string of the molecule is CNC(=O)c1nc(NC(=O)c2nsc3ccccc23)c([C@@H](C)c2cc(F)ccc2Cl)n1CC(C)=O. The van der Waals surface area contributed by atoms with Gasteiger partial charge in [0.1, 0.15) is 17.3 Å². The van der Waals surface area contributed by atoms with Crippen molar-refractivity contribution >= 4 is 56.6 Å². The van der Waals surface area contributed by atoms with Crippen LogP contribution in [0.3, 0.4) is 0 Å². The normalized spacial score (nSPS) is 11.9. The van der Waals surface area contributed by atoms with Crippen LogP contribution in [0.5, 0.6) is 0 Å². The van der Waals surface area contributed by atoms with Gasteiger partial charge in [-0.25, -0.2) is 9.37 Å². The molecule has 0 spiro atoms. The van der Waals surface area contributed by atoms with Crippen LogP contribution >= 0.6 is 23.1 Å². The number of ketones is 1. The number of benzene rings is 2. The summed E-state index contributed by atoms with van der Waals surface area (Å²) in [6.45, 7) is 2.92. The number of fused-ring (bicyclic) bond motifs is 1. The average Bonchev–Trinajstić information content (AvgIpc) is 3.41. The molecule has 2 amide bonds. The molecule has 0 aliphatic carbocycles. The molecule has 2 aromatic carbocycles. The lowest BCUT2D eigenvalue weighted by Gasteiger charge is -2.19. The van der Waals surface area contributed by atoms with Gasteiger partial charge in [-0.05, 0) is 48.3 Å². The summed E-state index contributed by atoms with van der Waals surface area (Å²) in [5.41, 5.74) is 0.948. The van der Waals surface area contributed by atoms with Crippen LogP contribution in [-0.4, -0.2) is 38.6 Å². The molecule has 2 N–H and O–H groups in total. The van der Waals surface area contributed by atoms with Crippen LogP contribution in [0.15, 0.2) is 42.5 Å². The Hall–Kier alpha value is -3.63. The van der Waals surface area contributed by atoms with Crippen molar-refractivity contribution in [2.75, 3.05) is 12.4 Å². The van der Waals surface area contributed by atoms with Gasteiger partial charge in [-0.2, -0.15) is 4.37 Å². The van der Waals surface area contributed by atoms with Crippen molar-refractivity contribution < 1.29 is 18.8 Å². The maximum absolute atomic E-state index is 14.1. The summed E-state index contributed by atoms with van der Waals surface area (Å²) in [5.74, 6) is -2.47. The van der Waals surface area contributed by atoms with Crippen molar-refractivity contribution in [3.05, 3.63) is 76.1 Å². The standard InChI is InChI=1S/C24H21ClFN5O3S/c1-12(32)11-31-20(13(2)16-10-14(26)8-9-17(16)25)21(28-22(31)24(34)27-3)29-23(33)19-15-6-4-5-7-18(15)35-30-19/h4-10,13H,11H2,1-3H3,(H,27,34)(H,29,33)/t13-/m0/s1. The van der Waals surface area contributed by atoms with E-state index in [1.165, 1.54) is 48.3 Å². The van der Waals surface area contributed by atoms with Gasteiger partial charge < -0.3 is 15.2 Å². The minimum atomic E-state index is -0.633. The second-order valence-corrected chi connectivity index (χ2v) is 9.12. The fraction of sp³-hybridized carbons (Fsp3) is 0.208. The van der Waals surface area contributed by atoms with Crippen molar-refractivity contribution in [1.29, 1.82) is 0 Å². The largest absolute Gasteiger partial charge is 0.352 e. The Morgan fingerprint density at radius 2 is 1.91 bits per heavy atom. The van der Waals surface area contributed by atoms with E-state index in [2.05, 4.69) is 20.0 Å². The van der Waals surface area contributed by atoms with Crippen LogP contribution in [0.25, 0.3) is 10.1 Å². The number of carbonyl (C=O) groups is 3. The number of amides is 2. The molecule has 0 radical (unpaired) electrons. The predicted octanol–water partition coefficient (Wildman–Crippen LogP) is 4.64. The second kappa shape index (κ2) is 9.93. The quantitative estimate of drug-likeness (QED) is 0.374. The second-order valence-electron chi connectivity index (χ2n) is 7.91. The zero-order valence-electron chi connectivity index (χ0n) is 19.1. The first-order valence-electron chi connectivity index (χ1n) is 10.6. The number of halogens is 2. The molecule has 1 atom stereocenters. The molecule has 180 valence electrons. The Kier molecular flexibility index (Phi) is 6.95. The molecular formula is C24H21ClFN5O3S. The molecule has 35 heavy (non-hydrogen) atoms. The number of nitrogens with zero attached hydrogens (tertiary/aromatic N) is 3. The van der Waals surface area contributed by atoms with Crippen molar-refractivity contribution in [2.45, 2.75) is 26.3 Å². The van der Waals surface area contributed by atoms with Crippen molar-refractivity contribution in [3.63, 3.8) is 0 Å². The van der Waals surface area contributed by atoms with E-state index in [0.29, 0.717) is 21.7 Å². The van der Waals surface area contributed by atoms with Gasteiger partial charge in [0.2, 0.25) is 5.82 Å². The maximum atomic E-state index is 14.1. The summed E-state index contributed by atoms with van der Waals surface area (Å²) in [5, 5.41) is 6.21. The van der Waals surface area contributed by atoms with Crippen LogP contribution < -0.4 is 10.6 Å². The molecule has 0 bridgehead atoms. The fourth-order valence-corrected chi connectivity index (χ4v) is 4.93. The molecule has 2 heterocycles. The van der Waals surface area contributed by atoms with Crippen molar-refractivity contribution in [2.24, 2.45) is 0 Å². The summed E-state index contributed by atoms with van der Waals surface area (Å²) < 4.78 is 20.6. The number of aromatic nitrogens is 3. The zero-order valence-corrected chi connectivity index (χ0v) is 20.6. The maximum Gasteiger partial charge on any atom is 0.287 e. The number of hydrogen-bond donors (Lipinski definition) is 2. The van der Waals surface area contributed by atoms with Gasteiger partial charge in [-0.15, -0.1) is 0 Å². The third-order valence-corrected chi connectivity index (χ3v) is 6.65. The van der Waals surface area contributed by atoms with Gasteiger partial charge >= 0.3 is 0 Å². The molecule has 0 aliphatic heterocycles. The smallest absolute Gasteiger partial charge is 0.287 e. The summed E-state index contributed by atoms with van der Waals surface area (Å²) in [6, 6.07) is 11.2. The first kappa shape index (κ1) is 24.5. The van der Waals surface area contributed by atoms with E-state index in [0.717, 1.165) is 4.70 Å². The first-order chi connectivity index (χ1) is 16.7. The molecule has 8 nitrogen and oxygen atoms in total. The Bertz CT molecular complexity index is 1460. The highest BCUT2D eigenvalue weighted by atomic mass is 35.5. The lowest BCUT2D eigenvalue weighted by molar-refractivity contribution is -0.117. The van der Waals surface area contributed by atoms with Gasteiger partial charge in [0.25, 0.3) is 11.8 Å². The summed E-state index contributed by atoms with van der Waals surface area (Å²) in [7, 11) is 1.43. The fourth-order valence-electron chi connectivity index (χ4n) is 3.87. The molecular weight excluding hydrogens is 493 g/mol. The summed E-state index contributed by atoms with van der Waals surface area (Å²) in [4.78, 5) is 42.3. The predicted molar refractivity (Wildman–Crippen MR) is 133 cm³/mol. The van der Waals surface area contributed by atoms with Crippen LogP contribution in [0.1, 0.15) is 52.1 Å². The molecule has 11 heteroatoms. The molecule has 0 unspecified atom stereocenters. The highest BCUT2D eigenvalue weighted by Crippen LogP contribution is 2.36. The van der Waals surface area contributed by atoms with Crippen LogP contribution in [0, 0.1) is 5.82 Å². The number of nitrogens with one attached hydrogen (secondary N) is 2. The Morgan fingerprint density at radius 1 is 1.17 bits per heavy atom. The third kappa shape index (κ3) is 4.80. The number of hydrogen-bond acceptors (Lipinski definition) is 6. The molecule has 0 aliphatic rings. The van der Waals surface area contributed by atoms with Gasteiger partial charge in [0.15, 0.2) is 5.82 Å². The molecule has 4 aromatic rings. The lowest BCUT2D eigenvalue weighted by atomic mass is 9.96. The minimum absolute atomic E-state index is 0.0553. The summed E-state index contributed by atoms with van der Waals surface area (Å²) >= 11 is 7.55. The van der Waals surface area contributed by atoms with E-state index in [4.69, 9.17) is 11.6 Å². The Balaban J connectivity index is 1.87. The molecule has 2 aromatic heterocycles. The van der Waals surface area contributed by atoms with Gasteiger partial charge in [-0.1, -0.05) is 36.7 Å². The monoisotopic (exact) mass is 513 g/mol. The van der Waals surface area contributed by atoms with E-state index in [-0.39, 0.29) is 29.7 Å². The number of imidazole rings is 1. The van der Waals surface area contributed by atoms with Gasteiger partial charge in [0.05, 0.1) is 16.9 Å². The summed E-state index contributed by atoms with van der Waals surface area (Å²) in [6.07, 6.45) is 0. The van der Waals surface area contributed by atoms with Crippen molar-refractivity contribution in [3.8, 4) is 0 Å². The van der Waals surface area contributed by atoms with E-state index in [1.807, 2.05) is 12.1 Å². The van der Waals surface area contributed by atoms with Crippen LogP contribution in [0.2, 0.25) is 5.02 Å². The molecule has 4 rings (SSSR count). The van der Waals surface area contributed by atoms with Gasteiger partial charge in [0, 0.05) is 23.4 Å².